The molecule has 0 heterocycles. The largest absolute Gasteiger partial charge is 0.244 e. The van der Waals surface area contributed by atoms with Gasteiger partial charge in [-0.25, -0.2) is 8.78 Å². The van der Waals surface area contributed by atoms with Gasteiger partial charge in [-0.1, -0.05) is 13.8 Å². The molecule has 0 atom stereocenters. The van der Waals surface area contributed by atoms with Crippen LogP contribution >= 0.6 is 0 Å². The Balaban J connectivity index is 2.08. The van der Waals surface area contributed by atoms with Gasteiger partial charge in [0.1, 0.15) is 0 Å². The molecule has 2 aliphatic carbocycles. The molecule has 0 N–H and O–H groups in total. The molecule has 0 saturated heterocycles. The van der Waals surface area contributed by atoms with Crippen LogP contribution in [-0.4, -0.2) is 6.43 Å². The van der Waals surface area contributed by atoms with Crippen molar-refractivity contribution in [3.8, 4) is 0 Å². The zero-order chi connectivity index (χ0) is 7.57. The Hall–Kier alpha value is -0.140. The average molecular weight is 146 g/mol. The Kier molecular flexibility index (Phi) is 0.911. The molecular formula is C8H12F2. The Morgan fingerprint density at radius 3 is 1.70 bits per heavy atom. The quantitative estimate of drug-likeness (QED) is 0.561. The van der Waals surface area contributed by atoms with Crippen molar-refractivity contribution in [3.05, 3.63) is 0 Å². The molecule has 0 aromatic carbocycles. The number of hydrogen-bond acceptors (Lipinski definition) is 0. The van der Waals surface area contributed by atoms with Crippen LogP contribution in [0.4, 0.5) is 8.78 Å². The highest BCUT2D eigenvalue weighted by molar-refractivity contribution is 5.32. The van der Waals surface area contributed by atoms with Crippen molar-refractivity contribution in [2.45, 2.75) is 33.1 Å². The second-order valence-electron chi connectivity index (χ2n) is 4.12. The maximum atomic E-state index is 12.3. The maximum absolute atomic E-state index is 12.3. The lowest BCUT2D eigenvalue weighted by Gasteiger charge is -2.03. The fraction of sp³-hybridized carbons (Fsp3) is 1.00. The summed E-state index contributed by atoms with van der Waals surface area (Å²) in [6.07, 6.45) is -0.486. The smallest absolute Gasteiger partial charge is 0.210 e. The third-order valence-electron chi connectivity index (χ3n) is 3.53. The van der Waals surface area contributed by atoms with E-state index in [4.69, 9.17) is 0 Å². The van der Waals surface area contributed by atoms with Crippen LogP contribution in [-0.2, 0) is 0 Å². The molecule has 0 spiro atoms. The minimum atomic E-state index is -2.06. The van der Waals surface area contributed by atoms with Crippen molar-refractivity contribution in [2.24, 2.45) is 16.7 Å². The van der Waals surface area contributed by atoms with Crippen LogP contribution in [0.3, 0.4) is 0 Å². The molecule has 0 bridgehead atoms. The van der Waals surface area contributed by atoms with E-state index >= 15 is 0 Å². The van der Waals surface area contributed by atoms with Gasteiger partial charge in [0.2, 0.25) is 6.43 Å². The van der Waals surface area contributed by atoms with Crippen LogP contribution in [0.5, 0.6) is 0 Å². The van der Waals surface area contributed by atoms with E-state index in [1.54, 1.807) is 0 Å². The minimum Gasteiger partial charge on any atom is -0.210 e. The van der Waals surface area contributed by atoms with Crippen molar-refractivity contribution in [1.29, 1.82) is 0 Å². The Morgan fingerprint density at radius 2 is 1.60 bits per heavy atom. The first-order valence-electron chi connectivity index (χ1n) is 3.83. The molecule has 2 rings (SSSR count). The number of hydrogen-bond donors (Lipinski definition) is 0. The molecule has 58 valence electrons. The standard InChI is InChI=1S/C8H12F2/c1-5(2)7-3-8(7,4-7)6(9)10/h5-6H,3-4H2,1-2H3. The topological polar surface area (TPSA) is 0 Å². The zero-order valence-electron chi connectivity index (χ0n) is 6.32. The fourth-order valence-electron chi connectivity index (χ4n) is 2.34. The highest BCUT2D eigenvalue weighted by Crippen LogP contribution is 2.90. The summed E-state index contributed by atoms with van der Waals surface area (Å²) in [5, 5.41) is 0. The third-order valence-corrected chi connectivity index (χ3v) is 3.53. The summed E-state index contributed by atoms with van der Waals surface area (Å²) >= 11 is 0. The van der Waals surface area contributed by atoms with Gasteiger partial charge in [-0.15, -0.1) is 0 Å². The molecule has 2 saturated carbocycles. The lowest BCUT2D eigenvalue weighted by Crippen LogP contribution is -2.00. The first kappa shape index (κ1) is 6.56. The number of rotatable bonds is 2. The highest BCUT2D eigenvalue weighted by atomic mass is 19.3. The Morgan fingerprint density at radius 1 is 1.10 bits per heavy atom. The number of alkyl halides is 2. The molecule has 10 heavy (non-hydrogen) atoms. The Bertz CT molecular complexity index is 148. The summed E-state index contributed by atoms with van der Waals surface area (Å²) in [5.74, 6) is 0.460. The predicted molar refractivity (Wildman–Crippen MR) is 34.9 cm³/mol. The number of halogens is 2. The van der Waals surface area contributed by atoms with Crippen LogP contribution in [0.25, 0.3) is 0 Å². The summed E-state index contributed by atoms with van der Waals surface area (Å²) in [6, 6.07) is 0. The van der Waals surface area contributed by atoms with Gasteiger partial charge < -0.3 is 0 Å². The van der Waals surface area contributed by atoms with Crippen molar-refractivity contribution in [3.63, 3.8) is 0 Å². The molecule has 2 heteroatoms. The van der Waals surface area contributed by atoms with Gasteiger partial charge in [0, 0.05) is 5.41 Å². The molecule has 0 aromatic heterocycles. The highest BCUT2D eigenvalue weighted by Gasteiger charge is 2.87. The van der Waals surface area contributed by atoms with Gasteiger partial charge >= 0.3 is 0 Å². The summed E-state index contributed by atoms with van der Waals surface area (Å²) in [6.45, 7) is 4.11. The lowest BCUT2D eigenvalue weighted by atomic mass is 10.0. The summed E-state index contributed by atoms with van der Waals surface area (Å²) in [4.78, 5) is 0. The fourth-order valence-corrected chi connectivity index (χ4v) is 2.34. The van der Waals surface area contributed by atoms with Gasteiger partial charge in [0.15, 0.2) is 0 Å². The molecule has 0 amide bonds. The van der Waals surface area contributed by atoms with Crippen LogP contribution in [0, 0.1) is 16.7 Å². The van der Waals surface area contributed by atoms with Crippen molar-refractivity contribution in [1.82, 2.24) is 0 Å². The van der Waals surface area contributed by atoms with E-state index < -0.39 is 11.8 Å². The van der Waals surface area contributed by atoms with Crippen molar-refractivity contribution < 1.29 is 8.78 Å². The van der Waals surface area contributed by atoms with E-state index in [2.05, 4.69) is 13.8 Å². The van der Waals surface area contributed by atoms with E-state index in [9.17, 15) is 8.78 Å². The van der Waals surface area contributed by atoms with E-state index in [1.165, 1.54) is 0 Å². The maximum Gasteiger partial charge on any atom is 0.244 e. The Labute approximate surface area is 59.6 Å². The van der Waals surface area contributed by atoms with Gasteiger partial charge in [-0.3, -0.25) is 0 Å². The van der Waals surface area contributed by atoms with Crippen molar-refractivity contribution >= 4 is 0 Å². The van der Waals surface area contributed by atoms with Gasteiger partial charge in [0.05, 0.1) is 0 Å². The van der Waals surface area contributed by atoms with Crippen LogP contribution in [0.2, 0.25) is 0 Å². The summed E-state index contributed by atoms with van der Waals surface area (Å²) < 4.78 is 24.5. The van der Waals surface area contributed by atoms with Gasteiger partial charge in [-0.2, -0.15) is 0 Å². The second-order valence-corrected chi connectivity index (χ2v) is 4.12. The molecule has 0 unspecified atom stereocenters. The van der Waals surface area contributed by atoms with E-state index in [0.29, 0.717) is 5.92 Å². The van der Waals surface area contributed by atoms with Crippen molar-refractivity contribution in [2.75, 3.05) is 0 Å². The second kappa shape index (κ2) is 1.39. The average Bonchev–Trinajstić information content (AvgIpc) is 2.41. The van der Waals surface area contributed by atoms with E-state index in [1.807, 2.05) is 0 Å². The van der Waals surface area contributed by atoms with Gasteiger partial charge in [-0.05, 0) is 24.2 Å². The molecule has 0 aromatic rings. The summed E-state index contributed by atoms with van der Waals surface area (Å²) in [5.41, 5.74) is -0.414. The van der Waals surface area contributed by atoms with Gasteiger partial charge in [0.25, 0.3) is 0 Å². The predicted octanol–water partition coefficient (Wildman–Crippen LogP) is 2.69. The third kappa shape index (κ3) is 0.444. The molecular weight excluding hydrogens is 134 g/mol. The zero-order valence-corrected chi connectivity index (χ0v) is 6.32. The van der Waals surface area contributed by atoms with Crippen LogP contribution in [0.1, 0.15) is 26.7 Å². The van der Waals surface area contributed by atoms with E-state index in [0.717, 1.165) is 12.8 Å². The normalized spacial score (nSPS) is 49.8. The van der Waals surface area contributed by atoms with Crippen LogP contribution in [0.15, 0.2) is 0 Å². The first-order valence-corrected chi connectivity index (χ1v) is 3.83. The van der Waals surface area contributed by atoms with E-state index in [-0.39, 0.29) is 5.41 Å². The molecule has 0 radical (unpaired) electrons. The van der Waals surface area contributed by atoms with Crippen LogP contribution < -0.4 is 0 Å². The molecule has 2 fully saturated rings. The molecule has 0 aliphatic heterocycles. The molecule has 2 aliphatic rings. The first-order chi connectivity index (χ1) is 4.55. The minimum absolute atomic E-state index is 0.0845. The number of fused-ring (bicyclic) bond motifs is 1. The SMILES string of the molecule is CC(C)C12CC1(C(F)F)C2. The lowest BCUT2D eigenvalue weighted by molar-refractivity contribution is 0.0912. The monoisotopic (exact) mass is 146 g/mol. The summed E-state index contributed by atoms with van der Waals surface area (Å²) in [7, 11) is 0. The molecule has 0 nitrogen and oxygen atoms in total.